The number of hydrogen-bond acceptors (Lipinski definition) is 5. The van der Waals surface area contributed by atoms with Crippen molar-refractivity contribution in [1.82, 2.24) is 20.4 Å². The van der Waals surface area contributed by atoms with Crippen LogP contribution in [0, 0.1) is 6.92 Å². The molecule has 0 radical (unpaired) electrons. The van der Waals surface area contributed by atoms with Crippen molar-refractivity contribution in [3.63, 3.8) is 0 Å². The van der Waals surface area contributed by atoms with Gasteiger partial charge < -0.3 is 19.5 Å². The SMILES string of the molecule is Cc1cccc(OCCc2noc(C3CCCN(C(=O)NCc4ccccc4)C3)n2)c1. The third-order valence-electron chi connectivity index (χ3n) is 5.41. The fourth-order valence-electron chi connectivity index (χ4n) is 3.75. The largest absolute Gasteiger partial charge is 0.493 e. The highest BCUT2D eigenvalue weighted by atomic mass is 16.5. The highest BCUT2D eigenvalue weighted by Gasteiger charge is 2.28. The quantitative estimate of drug-likeness (QED) is 0.623. The van der Waals surface area contributed by atoms with E-state index in [9.17, 15) is 4.79 Å². The number of ether oxygens (including phenoxy) is 1. The van der Waals surface area contributed by atoms with Crippen LogP contribution < -0.4 is 10.1 Å². The van der Waals surface area contributed by atoms with Crippen LogP contribution in [0.4, 0.5) is 4.79 Å². The van der Waals surface area contributed by atoms with Gasteiger partial charge in [0.15, 0.2) is 5.82 Å². The van der Waals surface area contributed by atoms with Crippen molar-refractivity contribution in [2.24, 2.45) is 0 Å². The van der Waals surface area contributed by atoms with E-state index in [1.165, 1.54) is 0 Å². The minimum absolute atomic E-state index is 0.0557. The summed E-state index contributed by atoms with van der Waals surface area (Å²) in [5.41, 5.74) is 2.24. The molecule has 2 aromatic carbocycles. The lowest BCUT2D eigenvalue weighted by Gasteiger charge is -2.31. The van der Waals surface area contributed by atoms with Crippen LogP contribution in [0.2, 0.25) is 0 Å². The number of benzene rings is 2. The zero-order chi connectivity index (χ0) is 21.5. The van der Waals surface area contributed by atoms with Gasteiger partial charge in [0.2, 0.25) is 5.89 Å². The molecule has 1 fully saturated rings. The molecule has 0 aliphatic carbocycles. The molecule has 3 aromatic rings. The first-order valence-electron chi connectivity index (χ1n) is 10.8. The summed E-state index contributed by atoms with van der Waals surface area (Å²) in [6.45, 7) is 4.37. The minimum Gasteiger partial charge on any atom is -0.493 e. The van der Waals surface area contributed by atoms with Gasteiger partial charge in [0.1, 0.15) is 5.75 Å². The molecule has 1 unspecified atom stereocenters. The van der Waals surface area contributed by atoms with Crippen molar-refractivity contribution in [1.29, 1.82) is 0 Å². The number of carbonyl (C=O) groups excluding carboxylic acids is 1. The third-order valence-corrected chi connectivity index (χ3v) is 5.41. The number of hydrogen-bond donors (Lipinski definition) is 1. The van der Waals surface area contributed by atoms with Crippen molar-refractivity contribution in [3.8, 4) is 5.75 Å². The summed E-state index contributed by atoms with van der Waals surface area (Å²) in [6, 6.07) is 17.8. The molecule has 1 N–H and O–H groups in total. The number of amides is 2. The number of rotatable bonds is 7. The number of piperidine rings is 1. The first-order valence-corrected chi connectivity index (χ1v) is 10.8. The van der Waals surface area contributed by atoms with Gasteiger partial charge >= 0.3 is 6.03 Å². The first kappa shape index (κ1) is 20.9. The first-order chi connectivity index (χ1) is 15.2. The molecule has 162 valence electrons. The lowest BCUT2D eigenvalue weighted by Crippen LogP contribution is -2.44. The maximum Gasteiger partial charge on any atom is 0.317 e. The Balaban J connectivity index is 1.26. The van der Waals surface area contributed by atoms with Crippen LogP contribution in [-0.4, -0.2) is 40.8 Å². The Hall–Kier alpha value is -3.35. The summed E-state index contributed by atoms with van der Waals surface area (Å²) in [5.74, 6) is 2.14. The minimum atomic E-state index is -0.0557. The van der Waals surface area contributed by atoms with Crippen molar-refractivity contribution in [3.05, 3.63) is 77.4 Å². The summed E-state index contributed by atoms with van der Waals surface area (Å²) in [6.07, 6.45) is 2.42. The molecule has 1 aliphatic rings. The Bertz CT molecular complexity index is 989. The van der Waals surface area contributed by atoms with Crippen molar-refractivity contribution >= 4 is 6.03 Å². The predicted molar refractivity (Wildman–Crippen MR) is 117 cm³/mol. The maximum absolute atomic E-state index is 12.6. The van der Waals surface area contributed by atoms with Gasteiger partial charge in [0.05, 0.1) is 12.5 Å². The van der Waals surface area contributed by atoms with Crippen LogP contribution in [0.25, 0.3) is 0 Å². The molecule has 1 atom stereocenters. The topological polar surface area (TPSA) is 80.5 Å². The van der Waals surface area contributed by atoms with E-state index in [1.54, 1.807) is 0 Å². The smallest absolute Gasteiger partial charge is 0.317 e. The highest BCUT2D eigenvalue weighted by molar-refractivity contribution is 5.74. The molecule has 1 aliphatic heterocycles. The standard InChI is InChI=1S/C24H28N4O3/c1-18-7-5-11-21(15-18)30-14-12-22-26-23(31-27-22)20-10-6-13-28(17-20)24(29)25-16-19-8-3-2-4-9-19/h2-5,7-9,11,15,20H,6,10,12-14,16-17H2,1H3,(H,25,29). The van der Waals surface area contributed by atoms with Gasteiger partial charge in [-0.1, -0.05) is 47.6 Å². The van der Waals surface area contributed by atoms with Crippen molar-refractivity contribution in [2.75, 3.05) is 19.7 Å². The van der Waals surface area contributed by atoms with Gasteiger partial charge in [0, 0.05) is 26.1 Å². The molecule has 0 saturated carbocycles. The number of urea groups is 1. The molecule has 7 nitrogen and oxygen atoms in total. The van der Waals surface area contributed by atoms with Crippen molar-refractivity contribution < 1.29 is 14.1 Å². The Morgan fingerprint density at radius 3 is 2.94 bits per heavy atom. The second-order valence-corrected chi connectivity index (χ2v) is 7.89. The molecular weight excluding hydrogens is 392 g/mol. The van der Waals surface area contributed by atoms with Gasteiger partial charge in [0.25, 0.3) is 0 Å². The molecule has 2 heterocycles. The van der Waals surface area contributed by atoms with Crippen LogP contribution >= 0.6 is 0 Å². The van der Waals surface area contributed by atoms with Crippen LogP contribution in [0.3, 0.4) is 0 Å². The van der Waals surface area contributed by atoms with E-state index in [0.29, 0.717) is 37.8 Å². The number of carbonyl (C=O) groups is 1. The molecule has 2 amide bonds. The molecule has 0 spiro atoms. The monoisotopic (exact) mass is 420 g/mol. The number of nitrogens with one attached hydrogen (secondary N) is 1. The average Bonchev–Trinajstić information content (AvgIpc) is 3.27. The molecule has 7 heteroatoms. The maximum atomic E-state index is 12.6. The zero-order valence-corrected chi connectivity index (χ0v) is 17.8. The lowest BCUT2D eigenvalue weighted by atomic mass is 9.98. The van der Waals surface area contributed by atoms with Crippen molar-refractivity contribution in [2.45, 2.75) is 38.6 Å². The van der Waals surface area contributed by atoms with E-state index in [1.807, 2.05) is 66.4 Å². The van der Waals surface area contributed by atoms with Gasteiger partial charge in [-0.25, -0.2) is 4.79 Å². The van der Waals surface area contributed by atoms with E-state index in [-0.39, 0.29) is 11.9 Å². The summed E-state index contributed by atoms with van der Waals surface area (Å²) in [7, 11) is 0. The molecular formula is C24H28N4O3. The second kappa shape index (κ2) is 10.1. The van der Waals surface area contributed by atoms with Crippen LogP contribution in [-0.2, 0) is 13.0 Å². The Kier molecular flexibility index (Phi) is 6.82. The van der Waals surface area contributed by atoms with Gasteiger partial charge in [-0.05, 0) is 43.0 Å². The van der Waals surface area contributed by atoms with E-state index in [4.69, 9.17) is 9.26 Å². The Morgan fingerprint density at radius 2 is 2.10 bits per heavy atom. The summed E-state index contributed by atoms with van der Waals surface area (Å²) in [4.78, 5) is 19.0. The fourth-order valence-corrected chi connectivity index (χ4v) is 3.75. The molecule has 4 rings (SSSR count). The van der Waals surface area contributed by atoms with Crippen LogP contribution in [0.5, 0.6) is 5.75 Å². The van der Waals surface area contributed by atoms with Gasteiger partial charge in [-0.3, -0.25) is 0 Å². The van der Waals surface area contributed by atoms with E-state index >= 15 is 0 Å². The zero-order valence-electron chi connectivity index (χ0n) is 17.8. The van der Waals surface area contributed by atoms with Crippen LogP contribution in [0.15, 0.2) is 59.1 Å². The number of nitrogens with zero attached hydrogens (tertiary/aromatic N) is 3. The Labute approximate surface area is 182 Å². The Morgan fingerprint density at radius 1 is 1.23 bits per heavy atom. The fraction of sp³-hybridized carbons (Fsp3) is 0.375. The normalized spacial score (nSPS) is 16.2. The third kappa shape index (κ3) is 5.84. The molecule has 0 bridgehead atoms. The highest BCUT2D eigenvalue weighted by Crippen LogP contribution is 2.26. The summed E-state index contributed by atoms with van der Waals surface area (Å²) < 4.78 is 11.3. The second-order valence-electron chi connectivity index (χ2n) is 7.89. The predicted octanol–water partition coefficient (Wildman–Crippen LogP) is 4.09. The average molecular weight is 421 g/mol. The molecule has 1 aromatic heterocycles. The number of likely N-dealkylation sites (tertiary alicyclic amines) is 1. The number of aryl methyl sites for hydroxylation is 1. The summed E-state index contributed by atoms with van der Waals surface area (Å²) >= 11 is 0. The summed E-state index contributed by atoms with van der Waals surface area (Å²) in [5, 5.41) is 7.10. The van der Waals surface area contributed by atoms with E-state index < -0.39 is 0 Å². The lowest BCUT2D eigenvalue weighted by molar-refractivity contribution is 0.171. The molecule has 31 heavy (non-hydrogen) atoms. The van der Waals surface area contributed by atoms with Gasteiger partial charge in [-0.15, -0.1) is 0 Å². The van der Waals surface area contributed by atoms with Crippen LogP contribution in [0.1, 0.15) is 41.6 Å². The van der Waals surface area contributed by atoms with E-state index in [2.05, 4.69) is 15.5 Å². The molecule has 1 saturated heterocycles. The number of aromatic nitrogens is 2. The van der Waals surface area contributed by atoms with Gasteiger partial charge in [-0.2, -0.15) is 4.98 Å². The van der Waals surface area contributed by atoms with E-state index in [0.717, 1.165) is 36.3 Å².